The molecule has 0 spiro atoms. The van der Waals surface area contributed by atoms with E-state index in [9.17, 15) is 4.79 Å². The molecule has 0 aliphatic carbocycles. The third-order valence-corrected chi connectivity index (χ3v) is 6.63. The van der Waals surface area contributed by atoms with Crippen molar-refractivity contribution in [2.45, 2.75) is 25.3 Å². The van der Waals surface area contributed by atoms with E-state index in [-0.39, 0.29) is 12.5 Å². The van der Waals surface area contributed by atoms with E-state index < -0.39 is 0 Å². The van der Waals surface area contributed by atoms with Gasteiger partial charge in [-0.3, -0.25) is 4.79 Å². The molecular formula is C25H32N8O2. The Kier molecular flexibility index (Phi) is 6.54. The molecule has 5 rings (SSSR count). The van der Waals surface area contributed by atoms with Gasteiger partial charge in [0.05, 0.1) is 19.3 Å². The van der Waals surface area contributed by atoms with Crippen LogP contribution in [0.4, 0.5) is 17.3 Å². The number of amides is 1. The number of piperidine rings is 1. The Hall–Kier alpha value is -3.66. The number of nitrogens with one attached hydrogen (secondary N) is 2. The van der Waals surface area contributed by atoms with Crippen molar-refractivity contribution >= 4 is 23.2 Å². The second-order valence-electron chi connectivity index (χ2n) is 9.30. The van der Waals surface area contributed by atoms with Gasteiger partial charge in [-0.1, -0.05) is 12.1 Å². The van der Waals surface area contributed by atoms with E-state index in [2.05, 4.69) is 61.3 Å². The molecule has 1 amide bonds. The number of imidazole rings is 1. The first-order valence-corrected chi connectivity index (χ1v) is 12.0. The number of fused-ring (bicyclic) bond motifs is 1. The number of rotatable bonds is 7. The lowest BCUT2D eigenvalue weighted by Gasteiger charge is -2.34. The van der Waals surface area contributed by atoms with Crippen LogP contribution in [-0.2, 0) is 11.3 Å². The van der Waals surface area contributed by atoms with E-state index >= 15 is 0 Å². The van der Waals surface area contributed by atoms with Gasteiger partial charge in [0.1, 0.15) is 23.6 Å². The number of hydrogen-bond acceptors (Lipinski definition) is 8. The van der Waals surface area contributed by atoms with Crippen molar-refractivity contribution in [1.29, 1.82) is 0 Å². The van der Waals surface area contributed by atoms with E-state index in [0.29, 0.717) is 17.4 Å². The molecule has 3 aromatic rings. The van der Waals surface area contributed by atoms with Gasteiger partial charge in [-0.25, -0.2) is 15.0 Å². The zero-order valence-corrected chi connectivity index (χ0v) is 20.5. The molecule has 2 aliphatic heterocycles. The maximum atomic E-state index is 11.9. The highest BCUT2D eigenvalue weighted by atomic mass is 16.5. The minimum atomic E-state index is -0.0728. The number of methoxy groups -OCH3 is 1. The lowest BCUT2D eigenvalue weighted by Crippen LogP contribution is -2.37. The minimum Gasteiger partial charge on any atom is -0.497 e. The molecule has 35 heavy (non-hydrogen) atoms. The van der Waals surface area contributed by atoms with Crippen LogP contribution in [0, 0.1) is 0 Å². The van der Waals surface area contributed by atoms with Gasteiger partial charge in [0.2, 0.25) is 5.91 Å². The van der Waals surface area contributed by atoms with Gasteiger partial charge in [-0.15, -0.1) is 0 Å². The second-order valence-corrected chi connectivity index (χ2v) is 9.30. The monoisotopic (exact) mass is 476 g/mol. The van der Waals surface area contributed by atoms with E-state index in [0.717, 1.165) is 67.7 Å². The standard InChI is InChI=1S/C25H32N8O2/c1-31(2)11-12-33-15-20(18-5-4-6-19(13-18)35-3)29-24(33)17-7-9-32(10-8-17)25-22-23(27-16-28-25)26-14-21(34)30-22/h4-6,13,15-17H,7-12,14H2,1-3H3,(H,30,34)(H,26,27,28). The molecule has 1 saturated heterocycles. The lowest BCUT2D eigenvalue weighted by molar-refractivity contribution is -0.114. The highest BCUT2D eigenvalue weighted by molar-refractivity contribution is 6.02. The Morgan fingerprint density at radius 2 is 2.03 bits per heavy atom. The number of hydrogen-bond donors (Lipinski definition) is 2. The summed E-state index contributed by atoms with van der Waals surface area (Å²) in [5.74, 6) is 3.69. The molecule has 10 heteroatoms. The van der Waals surface area contributed by atoms with E-state index in [1.165, 1.54) is 0 Å². The van der Waals surface area contributed by atoms with E-state index in [4.69, 9.17) is 9.72 Å². The van der Waals surface area contributed by atoms with E-state index in [1.54, 1.807) is 13.4 Å². The van der Waals surface area contributed by atoms with Crippen LogP contribution < -0.4 is 20.3 Å². The van der Waals surface area contributed by atoms with Crippen LogP contribution in [0.15, 0.2) is 36.8 Å². The molecule has 4 heterocycles. The molecule has 0 bridgehead atoms. The number of benzene rings is 1. The summed E-state index contributed by atoms with van der Waals surface area (Å²) in [7, 11) is 5.87. The number of nitrogens with zero attached hydrogens (tertiary/aromatic N) is 6. The summed E-state index contributed by atoms with van der Waals surface area (Å²) in [6.45, 7) is 3.73. The number of ether oxygens (including phenoxy) is 1. The molecule has 1 aromatic carbocycles. The van der Waals surface area contributed by atoms with Crippen LogP contribution in [0.1, 0.15) is 24.6 Å². The zero-order chi connectivity index (χ0) is 24.4. The normalized spacial score (nSPS) is 16.1. The predicted octanol–water partition coefficient (Wildman–Crippen LogP) is 2.66. The first-order valence-electron chi connectivity index (χ1n) is 12.0. The van der Waals surface area contributed by atoms with Gasteiger partial charge in [-0.2, -0.15) is 0 Å². The van der Waals surface area contributed by atoms with Crippen LogP contribution in [0.3, 0.4) is 0 Å². The molecule has 10 nitrogen and oxygen atoms in total. The average Bonchev–Trinajstić information content (AvgIpc) is 3.31. The van der Waals surface area contributed by atoms with Gasteiger partial charge < -0.3 is 29.7 Å². The topological polar surface area (TPSA) is 100 Å². The highest BCUT2D eigenvalue weighted by Gasteiger charge is 2.29. The molecule has 2 N–H and O–H groups in total. The Morgan fingerprint density at radius 3 is 2.80 bits per heavy atom. The fraction of sp³-hybridized carbons (Fsp3) is 0.440. The van der Waals surface area contributed by atoms with Crippen molar-refractivity contribution in [2.75, 3.05) is 62.9 Å². The number of carbonyl (C=O) groups excluding carboxylic acids is 1. The Labute approximate surface area is 205 Å². The molecule has 2 aliphatic rings. The number of likely N-dealkylation sites (N-methyl/N-ethyl adjacent to an activating group) is 1. The van der Waals surface area contributed by atoms with Crippen LogP contribution >= 0.6 is 0 Å². The van der Waals surface area contributed by atoms with Gasteiger partial charge in [0.15, 0.2) is 11.6 Å². The van der Waals surface area contributed by atoms with Crippen molar-refractivity contribution in [2.24, 2.45) is 0 Å². The third-order valence-electron chi connectivity index (χ3n) is 6.63. The summed E-state index contributed by atoms with van der Waals surface area (Å²) in [6.07, 6.45) is 5.63. The number of carbonyl (C=O) groups is 1. The Bertz CT molecular complexity index is 1200. The summed E-state index contributed by atoms with van der Waals surface area (Å²) in [5.41, 5.74) is 2.70. The second kappa shape index (κ2) is 9.91. The van der Waals surface area contributed by atoms with Crippen LogP contribution in [0.25, 0.3) is 11.3 Å². The zero-order valence-electron chi connectivity index (χ0n) is 20.5. The Balaban J connectivity index is 1.37. The molecule has 0 radical (unpaired) electrons. The van der Waals surface area contributed by atoms with Crippen molar-refractivity contribution in [3.8, 4) is 17.0 Å². The maximum absolute atomic E-state index is 11.9. The van der Waals surface area contributed by atoms with Gasteiger partial charge in [0, 0.05) is 43.9 Å². The summed E-state index contributed by atoms with van der Waals surface area (Å²) < 4.78 is 7.73. The molecule has 0 atom stereocenters. The molecule has 184 valence electrons. The quantitative estimate of drug-likeness (QED) is 0.537. The maximum Gasteiger partial charge on any atom is 0.243 e. The summed E-state index contributed by atoms with van der Waals surface area (Å²) in [4.78, 5) is 30.2. The smallest absolute Gasteiger partial charge is 0.243 e. The SMILES string of the molecule is COc1cccc(-c2cn(CCN(C)C)c(C3CCN(c4ncnc5c4NC(=O)CN5)CC3)n2)c1. The summed E-state index contributed by atoms with van der Waals surface area (Å²) in [6, 6.07) is 8.06. The lowest BCUT2D eigenvalue weighted by atomic mass is 9.95. The van der Waals surface area contributed by atoms with Crippen molar-refractivity contribution in [1.82, 2.24) is 24.4 Å². The van der Waals surface area contributed by atoms with Crippen LogP contribution in [0.2, 0.25) is 0 Å². The third kappa shape index (κ3) is 4.93. The summed E-state index contributed by atoms with van der Waals surface area (Å²) in [5, 5.41) is 6.00. The first-order chi connectivity index (χ1) is 17.0. The molecule has 0 saturated carbocycles. The van der Waals surface area contributed by atoms with Gasteiger partial charge >= 0.3 is 0 Å². The average molecular weight is 477 g/mol. The molecular weight excluding hydrogens is 444 g/mol. The van der Waals surface area contributed by atoms with Crippen molar-refractivity contribution in [3.05, 3.63) is 42.6 Å². The van der Waals surface area contributed by atoms with Crippen molar-refractivity contribution in [3.63, 3.8) is 0 Å². The Morgan fingerprint density at radius 1 is 1.20 bits per heavy atom. The fourth-order valence-corrected chi connectivity index (χ4v) is 4.73. The molecule has 0 unspecified atom stereocenters. The largest absolute Gasteiger partial charge is 0.497 e. The predicted molar refractivity (Wildman–Crippen MR) is 136 cm³/mol. The highest BCUT2D eigenvalue weighted by Crippen LogP contribution is 2.36. The minimum absolute atomic E-state index is 0.0728. The summed E-state index contributed by atoms with van der Waals surface area (Å²) >= 11 is 0. The van der Waals surface area contributed by atoms with Crippen LogP contribution in [-0.4, -0.2) is 77.7 Å². The van der Waals surface area contributed by atoms with Gasteiger partial charge in [0.25, 0.3) is 0 Å². The molecule has 2 aromatic heterocycles. The first kappa shape index (κ1) is 23.1. The molecule has 1 fully saturated rings. The van der Waals surface area contributed by atoms with Crippen molar-refractivity contribution < 1.29 is 9.53 Å². The van der Waals surface area contributed by atoms with Crippen LogP contribution in [0.5, 0.6) is 5.75 Å². The number of aromatic nitrogens is 4. The number of anilines is 3. The van der Waals surface area contributed by atoms with E-state index in [1.807, 2.05) is 18.2 Å². The fourth-order valence-electron chi connectivity index (χ4n) is 4.73. The van der Waals surface area contributed by atoms with Gasteiger partial charge in [-0.05, 0) is 39.1 Å².